The number of benzene rings is 2. The number of nitro groups is 1. The molecule has 0 saturated heterocycles. The van der Waals surface area contributed by atoms with Crippen LogP contribution in [0, 0.1) is 29.8 Å². The quantitative estimate of drug-likeness (QED) is 0.654. The van der Waals surface area contributed by atoms with Crippen LogP contribution in [0.3, 0.4) is 0 Å². The molecule has 6 nitrogen and oxygen atoms in total. The molecule has 0 unspecified atom stereocenters. The number of nitro benzene ring substituents is 1. The van der Waals surface area contributed by atoms with Gasteiger partial charge in [0, 0.05) is 6.07 Å². The molecule has 0 atom stereocenters. The molecule has 0 aliphatic rings. The monoisotopic (exact) mass is 317 g/mol. The van der Waals surface area contributed by atoms with Crippen molar-refractivity contribution in [1.29, 1.82) is 0 Å². The molecule has 120 valence electrons. The van der Waals surface area contributed by atoms with E-state index in [1.807, 2.05) is 0 Å². The largest absolute Gasteiger partial charge is 0.374 e. The Morgan fingerprint density at radius 3 is 2.35 bits per heavy atom. The van der Waals surface area contributed by atoms with Crippen molar-refractivity contribution in [3.05, 3.63) is 63.5 Å². The van der Waals surface area contributed by atoms with Gasteiger partial charge < -0.3 is 10.6 Å². The van der Waals surface area contributed by atoms with E-state index < -0.39 is 16.6 Å². The number of nitrogens with one attached hydrogen (secondary N) is 2. The first-order chi connectivity index (χ1) is 10.9. The van der Waals surface area contributed by atoms with Gasteiger partial charge in [-0.25, -0.2) is 4.39 Å². The molecule has 0 bridgehead atoms. The second-order valence-corrected chi connectivity index (χ2v) is 5.16. The lowest BCUT2D eigenvalue weighted by Crippen LogP contribution is -2.22. The number of hydrogen-bond acceptors (Lipinski definition) is 4. The second kappa shape index (κ2) is 6.87. The Bertz CT molecular complexity index is 762. The van der Waals surface area contributed by atoms with Crippen LogP contribution < -0.4 is 10.6 Å². The molecule has 2 aromatic rings. The third kappa shape index (κ3) is 4.26. The molecule has 7 heteroatoms. The normalized spacial score (nSPS) is 10.2. The van der Waals surface area contributed by atoms with E-state index in [0.29, 0.717) is 0 Å². The van der Waals surface area contributed by atoms with Crippen molar-refractivity contribution >= 4 is 23.0 Å². The van der Waals surface area contributed by atoms with Crippen LogP contribution in [-0.2, 0) is 4.79 Å². The van der Waals surface area contributed by atoms with E-state index in [2.05, 4.69) is 10.6 Å². The van der Waals surface area contributed by atoms with E-state index >= 15 is 0 Å². The van der Waals surface area contributed by atoms with Crippen molar-refractivity contribution in [1.82, 2.24) is 0 Å². The van der Waals surface area contributed by atoms with Gasteiger partial charge in [0.2, 0.25) is 5.91 Å². The Kier molecular flexibility index (Phi) is 4.90. The SMILES string of the molecule is Cc1ccc(NCC(=O)Nc2ccc(C)cc2[N+](=O)[O-])c(F)c1. The average Bonchev–Trinajstić information content (AvgIpc) is 2.48. The van der Waals surface area contributed by atoms with Crippen molar-refractivity contribution in [2.24, 2.45) is 0 Å². The van der Waals surface area contributed by atoms with Crippen LogP contribution in [0.1, 0.15) is 11.1 Å². The lowest BCUT2D eigenvalue weighted by Gasteiger charge is -2.09. The van der Waals surface area contributed by atoms with Crippen LogP contribution in [0.25, 0.3) is 0 Å². The first-order valence-corrected chi connectivity index (χ1v) is 6.92. The highest BCUT2D eigenvalue weighted by atomic mass is 19.1. The maximum Gasteiger partial charge on any atom is 0.293 e. The lowest BCUT2D eigenvalue weighted by molar-refractivity contribution is -0.384. The number of carbonyl (C=O) groups is 1. The lowest BCUT2D eigenvalue weighted by atomic mass is 10.2. The summed E-state index contributed by atoms with van der Waals surface area (Å²) in [5, 5.41) is 16.1. The van der Waals surface area contributed by atoms with Crippen molar-refractivity contribution in [2.45, 2.75) is 13.8 Å². The van der Waals surface area contributed by atoms with E-state index in [9.17, 15) is 19.3 Å². The molecule has 2 rings (SSSR count). The molecule has 0 fully saturated rings. The third-order valence-corrected chi connectivity index (χ3v) is 3.19. The summed E-state index contributed by atoms with van der Waals surface area (Å²) in [6.45, 7) is 3.28. The molecule has 0 heterocycles. The fourth-order valence-corrected chi connectivity index (χ4v) is 2.03. The predicted molar refractivity (Wildman–Crippen MR) is 86.1 cm³/mol. The van der Waals surface area contributed by atoms with Gasteiger partial charge in [-0.2, -0.15) is 0 Å². The second-order valence-electron chi connectivity index (χ2n) is 5.16. The van der Waals surface area contributed by atoms with Gasteiger partial charge in [-0.1, -0.05) is 12.1 Å². The summed E-state index contributed by atoms with van der Waals surface area (Å²) >= 11 is 0. The van der Waals surface area contributed by atoms with Crippen LogP contribution >= 0.6 is 0 Å². The molecular weight excluding hydrogens is 301 g/mol. The van der Waals surface area contributed by atoms with E-state index in [-0.39, 0.29) is 23.6 Å². The number of hydrogen-bond donors (Lipinski definition) is 2. The molecule has 2 N–H and O–H groups in total. The minimum atomic E-state index is -0.560. The summed E-state index contributed by atoms with van der Waals surface area (Å²) in [6.07, 6.45) is 0. The zero-order valence-corrected chi connectivity index (χ0v) is 12.7. The van der Waals surface area contributed by atoms with Crippen LogP contribution in [0.15, 0.2) is 36.4 Å². The van der Waals surface area contributed by atoms with Gasteiger partial charge in [0.15, 0.2) is 0 Å². The first kappa shape index (κ1) is 16.4. The number of carbonyl (C=O) groups excluding carboxylic acids is 1. The number of amides is 1. The zero-order valence-electron chi connectivity index (χ0n) is 12.7. The number of halogens is 1. The summed E-state index contributed by atoms with van der Waals surface area (Å²) in [5.74, 6) is -0.962. The van der Waals surface area contributed by atoms with Gasteiger partial charge in [-0.15, -0.1) is 0 Å². The average molecular weight is 317 g/mol. The number of rotatable bonds is 5. The van der Waals surface area contributed by atoms with Crippen LogP contribution in [0.4, 0.5) is 21.5 Å². The molecule has 1 amide bonds. The van der Waals surface area contributed by atoms with Gasteiger partial charge >= 0.3 is 0 Å². The number of anilines is 2. The minimum absolute atomic E-state index is 0.108. The van der Waals surface area contributed by atoms with Crippen LogP contribution in [0.5, 0.6) is 0 Å². The summed E-state index contributed by atoms with van der Waals surface area (Å²) in [6, 6.07) is 9.11. The van der Waals surface area contributed by atoms with Gasteiger partial charge in [-0.05, 0) is 43.2 Å². The third-order valence-electron chi connectivity index (χ3n) is 3.19. The molecule has 0 aliphatic heterocycles. The smallest absolute Gasteiger partial charge is 0.293 e. The number of aryl methyl sites for hydroxylation is 2. The molecule has 23 heavy (non-hydrogen) atoms. The maximum atomic E-state index is 13.7. The molecule has 0 aromatic heterocycles. The van der Waals surface area contributed by atoms with Crippen LogP contribution in [0.2, 0.25) is 0 Å². The maximum absolute atomic E-state index is 13.7. The van der Waals surface area contributed by atoms with E-state index in [1.165, 1.54) is 24.3 Å². The highest BCUT2D eigenvalue weighted by Gasteiger charge is 2.16. The molecule has 0 saturated carbocycles. The summed E-state index contributed by atoms with van der Waals surface area (Å²) in [7, 11) is 0. The summed E-state index contributed by atoms with van der Waals surface area (Å²) < 4.78 is 13.7. The molecule has 2 aromatic carbocycles. The minimum Gasteiger partial charge on any atom is -0.374 e. The summed E-state index contributed by atoms with van der Waals surface area (Å²) in [5.41, 5.74) is 1.61. The van der Waals surface area contributed by atoms with E-state index in [1.54, 1.807) is 26.0 Å². The standard InChI is InChI=1S/C16H16FN3O3/c1-10-3-5-13(12(17)7-10)18-9-16(21)19-14-6-4-11(2)8-15(14)20(22)23/h3-8,18H,9H2,1-2H3,(H,19,21). The molecular formula is C16H16FN3O3. The van der Waals surface area contributed by atoms with Crippen molar-refractivity contribution in [3.63, 3.8) is 0 Å². The highest BCUT2D eigenvalue weighted by molar-refractivity contribution is 5.95. The topological polar surface area (TPSA) is 84.3 Å². The fourth-order valence-electron chi connectivity index (χ4n) is 2.03. The highest BCUT2D eigenvalue weighted by Crippen LogP contribution is 2.25. The Labute approximate surface area is 132 Å². The number of nitrogens with zero attached hydrogens (tertiary/aromatic N) is 1. The summed E-state index contributed by atoms with van der Waals surface area (Å²) in [4.78, 5) is 22.3. The Hall–Kier alpha value is -2.96. The fraction of sp³-hybridized carbons (Fsp3) is 0.188. The Morgan fingerprint density at radius 2 is 1.74 bits per heavy atom. The molecule has 0 aliphatic carbocycles. The van der Waals surface area contributed by atoms with Gasteiger partial charge in [0.05, 0.1) is 17.2 Å². The Balaban J connectivity index is 2.04. The Morgan fingerprint density at radius 1 is 1.13 bits per heavy atom. The van der Waals surface area contributed by atoms with E-state index in [4.69, 9.17) is 0 Å². The predicted octanol–water partition coefficient (Wildman–Crippen LogP) is 3.40. The van der Waals surface area contributed by atoms with Crippen molar-refractivity contribution < 1.29 is 14.1 Å². The van der Waals surface area contributed by atoms with Gasteiger partial charge in [0.1, 0.15) is 11.5 Å². The molecule has 0 spiro atoms. The van der Waals surface area contributed by atoms with E-state index in [0.717, 1.165) is 11.1 Å². The van der Waals surface area contributed by atoms with Gasteiger partial charge in [-0.3, -0.25) is 14.9 Å². The van der Waals surface area contributed by atoms with Crippen LogP contribution in [-0.4, -0.2) is 17.4 Å². The zero-order chi connectivity index (χ0) is 17.0. The van der Waals surface area contributed by atoms with Crippen molar-refractivity contribution in [3.8, 4) is 0 Å². The first-order valence-electron chi connectivity index (χ1n) is 6.92. The van der Waals surface area contributed by atoms with Crippen molar-refractivity contribution in [2.75, 3.05) is 17.2 Å². The molecule has 0 radical (unpaired) electrons. The van der Waals surface area contributed by atoms with Gasteiger partial charge in [0.25, 0.3) is 5.69 Å².